The van der Waals surface area contributed by atoms with E-state index in [9.17, 15) is 13.2 Å². The summed E-state index contributed by atoms with van der Waals surface area (Å²) in [6.07, 6.45) is 0. The third-order valence-corrected chi connectivity index (χ3v) is 2.25. The normalized spacial score (nSPS) is 10.3. The van der Waals surface area contributed by atoms with Crippen LogP contribution in [0.15, 0.2) is 29.2 Å². The summed E-state index contributed by atoms with van der Waals surface area (Å²) in [5, 5.41) is 0. The summed E-state index contributed by atoms with van der Waals surface area (Å²) >= 11 is 0. The zero-order valence-corrected chi connectivity index (χ0v) is 12.2. The number of carbonyl (C=O) groups excluding carboxylic acids is 1. The van der Waals surface area contributed by atoms with Gasteiger partial charge in [0.25, 0.3) is 10.1 Å². The molecule has 0 aromatic heterocycles. The molecule has 0 aliphatic heterocycles. The minimum Gasteiger partial charge on any atom is -0.427 e. The van der Waals surface area contributed by atoms with Crippen molar-refractivity contribution in [2.45, 2.75) is 11.8 Å². The molecule has 0 unspecified atom stereocenters. The van der Waals surface area contributed by atoms with Gasteiger partial charge < -0.3 is 4.74 Å². The Morgan fingerprint density at radius 1 is 1.27 bits per heavy atom. The first-order valence-electron chi connectivity index (χ1n) is 3.65. The number of benzene rings is 1. The van der Waals surface area contributed by atoms with Gasteiger partial charge in [0.15, 0.2) is 0 Å². The van der Waals surface area contributed by atoms with Gasteiger partial charge in [0.05, 0.1) is 4.90 Å². The van der Waals surface area contributed by atoms with E-state index in [2.05, 4.69) is 4.74 Å². The Morgan fingerprint density at radius 3 is 2.07 bits per heavy atom. The summed E-state index contributed by atoms with van der Waals surface area (Å²) in [6, 6.07) is 4.86. The zero-order valence-electron chi connectivity index (χ0n) is 8.30. The Labute approximate surface area is 130 Å². The van der Waals surface area contributed by atoms with Crippen molar-refractivity contribution in [3.05, 3.63) is 24.3 Å². The van der Waals surface area contributed by atoms with Crippen LogP contribution >= 0.6 is 0 Å². The maximum atomic E-state index is 10.6. The van der Waals surface area contributed by atoms with E-state index in [-0.39, 0.29) is 62.0 Å². The van der Waals surface area contributed by atoms with E-state index in [0.29, 0.717) is 0 Å². The van der Waals surface area contributed by atoms with Crippen molar-refractivity contribution < 1.29 is 22.5 Å². The van der Waals surface area contributed by atoms with Crippen LogP contribution in [0.5, 0.6) is 5.75 Å². The molecule has 0 aliphatic rings. The van der Waals surface area contributed by atoms with E-state index < -0.39 is 16.1 Å². The second-order valence-electron chi connectivity index (χ2n) is 2.54. The molecule has 1 radical (unpaired) electrons. The van der Waals surface area contributed by atoms with Gasteiger partial charge in [-0.05, 0) is 24.3 Å². The molecule has 1 aromatic rings. The summed E-state index contributed by atoms with van der Waals surface area (Å²) in [7, 11) is -4.19. The Kier molecular flexibility index (Phi) is 6.19. The quantitative estimate of drug-likeness (QED) is 0.360. The molecule has 0 saturated carbocycles. The average molecular weight is 255 g/mol. The Hall–Kier alpha value is 0.236. The van der Waals surface area contributed by atoms with Gasteiger partial charge in [0.1, 0.15) is 5.75 Å². The monoisotopic (exact) mass is 255 g/mol. The van der Waals surface area contributed by atoms with Crippen LogP contribution in [-0.4, -0.2) is 70.3 Å². The average Bonchev–Trinajstić information content (AvgIpc) is 2.02. The molecule has 1 rings (SSSR count). The first-order valence-corrected chi connectivity index (χ1v) is 5.09. The molecule has 0 spiro atoms. The van der Waals surface area contributed by atoms with Gasteiger partial charge in [0.2, 0.25) is 0 Å². The van der Waals surface area contributed by atoms with Crippen LogP contribution in [0.25, 0.3) is 0 Å². The molecule has 0 heterocycles. The maximum absolute atomic E-state index is 10.6. The molecule has 1 N–H and O–H groups in total. The molecule has 7 heteroatoms. The molecule has 0 atom stereocenters. The number of ether oxygens (including phenoxy) is 1. The van der Waals surface area contributed by atoms with Gasteiger partial charge in [-0.2, -0.15) is 8.42 Å². The van der Waals surface area contributed by atoms with Crippen LogP contribution in [0.3, 0.4) is 0 Å². The molecule has 77 valence electrons. The zero-order chi connectivity index (χ0) is 10.8. The first kappa shape index (κ1) is 15.2. The Balaban J connectivity index is 0.00000196. The molecule has 0 amide bonds. The Morgan fingerprint density at radius 2 is 1.73 bits per heavy atom. The molecule has 0 aliphatic carbocycles. The van der Waals surface area contributed by atoms with Crippen molar-refractivity contribution >= 4 is 67.5 Å². The Bertz CT molecular complexity index is 437. The van der Waals surface area contributed by atoms with Crippen LogP contribution in [0.2, 0.25) is 0 Å². The number of esters is 1. The van der Waals surface area contributed by atoms with Crippen molar-refractivity contribution in [2.75, 3.05) is 0 Å². The maximum Gasteiger partial charge on any atom is 0.308 e. The van der Waals surface area contributed by atoms with Crippen molar-refractivity contribution in [3.8, 4) is 5.75 Å². The molecule has 0 saturated heterocycles. The van der Waals surface area contributed by atoms with Gasteiger partial charge in [-0.1, -0.05) is 0 Å². The van der Waals surface area contributed by atoms with Crippen molar-refractivity contribution in [2.24, 2.45) is 0 Å². The molecule has 1 aromatic carbocycles. The third-order valence-electron chi connectivity index (χ3n) is 1.38. The number of rotatable bonds is 2. The minimum absolute atomic E-state index is 0. The molecule has 0 bridgehead atoms. The fourth-order valence-electron chi connectivity index (χ4n) is 0.846. The fraction of sp³-hybridized carbons (Fsp3) is 0.125. The van der Waals surface area contributed by atoms with E-state index in [1.54, 1.807) is 0 Å². The van der Waals surface area contributed by atoms with Crippen LogP contribution in [0.1, 0.15) is 6.92 Å². The predicted molar refractivity (Wildman–Crippen MR) is 53.3 cm³/mol. The van der Waals surface area contributed by atoms with Crippen molar-refractivity contribution in [3.63, 3.8) is 0 Å². The summed E-state index contributed by atoms with van der Waals surface area (Å²) < 4.78 is 34.5. The van der Waals surface area contributed by atoms with E-state index >= 15 is 0 Å². The fourth-order valence-corrected chi connectivity index (χ4v) is 1.33. The SMILES string of the molecule is CC(=O)Oc1ccc(S(=O)(=O)O)cc1.[K]. The van der Waals surface area contributed by atoms with E-state index in [1.165, 1.54) is 19.1 Å². The largest absolute Gasteiger partial charge is 0.427 e. The smallest absolute Gasteiger partial charge is 0.308 e. The van der Waals surface area contributed by atoms with E-state index in [4.69, 9.17) is 4.55 Å². The van der Waals surface area contributed by atoms with Gasteiger partial charge in [-0.3, -0.25) is 9.35 Å². The molecular formula is C8H8KO5S. The first-order chi connectivity index (χ1) is 6.39. The van der Waals surface area contributed by atoms with Crippen LogP contribution in [0.4, 0.5) is 0 Å². The van der Waals surface area contributed by atoms with Gasteiger partial charge in [0, 0.05) is 58.3 Å². The van der Waals surface area contributed by atoms with Crippen LogP contribution < -0.4 is 4.74 Å². The van der Waals surface area contributed by atoms with Crippen LogP contribution in [0, 0.1) is 0 Å². The predicted octanol–water partition coefficient (Wildman–Crippen LogP) is 0.478. The molecule has 15 heavy (non-hydrogen) atoms. The molecule has 5 nitrogen and oxygen atoms in total. The van der Waals surface area contributed by atoms with Crippen molar-refractivity contribution in [1.29, 1.82) is 0 Å². The summed E-state index contributed by atoms with van der Waals surface area (Å²) in [6.45, 7) is 1.23. The second-order valence-corrected chi connectivity index (χ2v) is 3.96. The molecule has 0 fully saturated rings. The summed E-state index contributed by atoms with van der Waals surface area (Å²) in [5.41, 5.74) is 0. The van der Waals surface area contributed by atoms with Crippen molar-refractivity contribution in [1.82, 2.24) is 0 Å². The summed E-state index contributed by atoms with van der Waals surface area (Å²) in [5.74, 6) is -0.269. The number of hydrogen-bond acceptors (Lipinski definition) is 4. The number of hydrogen-bond donors (Lipinski definition) is 1. The summed E-state index contributed by atoms with van der Waals surface area (Å²) in [4.78, 5) is 10.3. The molecular weight excluding hydrogens is 247 g/mol. The third kappa shape index (κ3) is 5.21. The topological polar surface area (TPSA) is 80.7 Å². The van der Waals surface area contributed by atoms with E-state index in [1.807, 2.05) is 0 Å². The van der Waals surface area contributed by atoms with Gasteiger partial charge in [-0.25, -0.2) is 0 Å². The number of carbonyl (C=O) groups is 1. The van der Waals surface area contributed by atoms with E-state index in [0.717, 1.165) is 12.1 Å². The van der Waals surface area contributed by atoms with Crippen LogP contribution in [-0.2, 0) is 14.9 Å². The second kappa shape index (κ2) is 6.09. The standard InChI is InChI=1S/C8H8O5S.K/c1-6(9)13-7-2-4-8(5-3-7)14(10,11)12;/h2-5H,1H3,(H,10,11,12);. The van der Waals surface area contributed by atoms with Gasteiger partial charge >= 0.3 is 5.97 Å². The van der Waals surface area contributed by atoms with Gasteiger partial charge in [-0.15, -0.1) is 0 Å². The minimum atomic E-state index is -4.19.